The van der Waals surface area contributed by atoms with Crippen LogP contribution in [0.25, 0.3) is 0 Å². The van der Waals surface area contributed by atoms with E-state index in [0.717, 1.165) is 4.90 Å². The predicted molar refractivity (Wildman–Crippen MR) is 68.3 cm³/mol. The molecule has 2 unspecified atom stereocenters. The molecule has 0 aromatic heterocycles. The number of aliphatic carboxylic acids is 1. The monoisotopic (exact) mass is 305 g/mol. The number of amides is 1. The maximum absolute atomic E-state index is 12.6. The Kier molecular flexibility index (Phi) is 4.04. The number of rotatable bonds is 4. The molecule has 2 aliphatic rings. The molecule has 7 heteroatoms. The first-order chi connectivity index (χ1) is 9.61. The van der Waals surface area contributed by atoms with Crippen molar-refractivity contribution in [2.75, 3.05) is 6.54 Å². The number of carboxylic acids is 1. The van der Waals surface area contributed by atoms with Crippen LogP contribution in [-0.4, -0.2) is 40.6 Å². The average Bonchev–Trinajstić information content (AvgIpc) is 2.93. The second-order valence-corrected chi connectivity index (χ2v) is 6.01. The Morgan fingerprint density at radius 1 is 1.24 bits per heavy atom. The highest BCUT2D eigenvalue weighted by atomic mass is 19.4. The molecule has 0 aromatic rings. The van der Waals surface area contributed by atoms with Crippen LogP contribution in [0, 0.1) is 23.7 Å². The summed E-state index contributed by atoms with van der Waals surface area (Å²) in [7, 11) is 0. The minimum Gasteiger partial charge on any atom is -0.481 e. The Morgan fingerprint density at radius 3 is 2.19 bits per heavy atom. The van der Waals surface area contributed by atoms with E-state index >= 15 is 0 Å². The van der Waals surface area contributed by atoms with E-state index in [4.69, 9.17) is 0 Å². The topological polar surface area (TPSA) is 57.6 Å². The number of hydrogen-bond donors (Lipinski definition) is 1. The molecule has 118 valence electrons. The van der Waals surface area contributed by atoms with Crippen LogP contribution < -0.4 is 0 Å². The Labute approximate surface area is 120 Å². The highest BCUT2D eigenvalue weighted by Gasteiger charge is 2.53. The van der Waals surface area contributed by atoms with Gasteiger partial charge < -0.3 is 10.0 Å². The first-order valence-corrected chi connectivity index (χ1v) is 6.90. The van der Waals surface area contributed by atoms with Gasteiger partial charge in [-0.15, -0.1) is 0 Å². The maximum Gasteiger partial charge on any atom is 0.406 e. The lowest BCUT2D eigenvalue weighted by Gasteiger charge is -2.33. The van der Waals surface area contributed by atoms with E-state index in [1.807, 2.05) is 0 Å². The van der Waals surface area contributed by atoms with Gasteiger partial charge in [-0.1, -0.05) is 12.2 Å². The van der Waals surface area contributed by atoms with Crippen LogP contribution in [0.1, 0.15) is 20.3 Å². The number of carbonyl (C=O) groups is 2. The second kappa shape index (κ2) is 5.35. The summed E-state index contributed by atoms with van der Waals surface area (Å²) in [6.07, 6.45) is -0.438. The fourth-order valence-corrected chi connectivity index (χ4v) is 3.40. The Hall–Kier alpha value is -1.53. The number of fused-ring (bicyclic) bond motifs is 2. The molecule has 1 N–H and O–H groups in total. The number of halogens is 3. The molecule has 21 heavy (non-hydrogen) atoms. The molecule has 1 saturated carbocycles. The second-order valence-electron chi connectivity index (χ2n) is 6.01. The minimum atomic E-state index is -4.49. The van der Waals surface area contributed by atoms with Crippen molar-refractivity contribution >= 4 is 11.9 Å². The van der Waals surface area contributed by atoms with Gasteiger partial charge in [0.05, 0.1) is 11.8 Å². The summed E-state index contributed by atoms with van der Waals surface area (Å²) in [5.74, 6) is -4.13. The van der Waals surface area contributed by atoms with Crippen LogP contribution in [0.2, 0.25) is 0 Å². The van der Waals surface area contributed by atoms with Crippen LogP contribution in [0.5, 0.6) is 0 Å². The first kappa shape index (κ1) is 15.9. The Morgan fingerprint density at radius 2 is 1.76 bits per heavy atom. The van der Waals surface area contributed by atoms with Gasteiger partial charge in [0.15, 0.2) is 0 Å². The lowest BCUT2D eigenvalue weighted by Crippen LogP contribution is -2.49. The standard InChI is InChI=1S/C14H18F3NO3/c1-7(2)18(6-14(15,16)17)12(19)10-8-3-4-9(5-8)11(10)13(20)21/h3-4,7-11H,5-6H2,1-2H3,(H,20,21)/t8?,9?,10-,11+/m0/s1. The number of carboxylic acid groups (broad SMARTS) is 1. The zero-order valence-corrected chi connectivity index (χ0v) is 11.8. The number of nitrogens with zero attached hydrogens (tertiary/aromatic N) is 1. The normalized spacial score (nSPS) is 31.0. The molecule has 0 aromatic carbocycles. The molecule has 1 fully saturated rings. The molecule has 0 aliphatic heterocycles. The molecule has 4 atom stereocenters. The van der Waals surface area contributed by atoms with Crippen molar-refractivity contribution in [2.45, 2.75) is 32.5 Å². The highest BCUT2D eigenvalue weighted by molar-refractivity contribution is 5.87. The first-order valence-electron chi connectivity index (χ1n) is 6.90. The Bertz CT molecular complexity index is 473. The number of hydrogen-bond acceptors (Lipinski definition) is 2. The van der Waals surface area contributed by atoms with E-state index in [1.54, 1.807) is 12.2 Å². The summed E-state index contributed by atoms with van der Waals surface area (Å²) in [5.41, 5.74) is 0. The van der Waals surface area contributed by atoms with E-state index in [-0.39, 0.29) is 11.8 Å². The van der Waals surface area contributed by atoms with Gasteiger partial charge in [-0.05, 0) is 32.1 Å². The largest absolute Gasteiger partial charge is 0.481 e. The fraction of sp³-hybridized carbons (Fsp3) is 0.714. The van der Waals surface area contributed by atoms with Crippen LogP contribution in [0.4, 0.5) is 13.2 Å². The predicted octanol–water partition coefficient (Wildman–Crippen LogP) is 2.31. The van der Waals surface area contributed by atoms with Gasteiger partial charge in [0.2, 0.25) is 5.91 Å². The highest BCUT2D eigenvalue weighted by Crippen LogP contribution is 2.49. The van der Waals surface area contributed by atoms with Crippen LogP contribution >= 0.6 is 0 Å². The van der Waals surface area contributed by atoms with Gasteiger partial charge in [0, 0.05) is 6.04 Å². The molecule has 2 bridgehead atoms. The molecular formula is C14H18F3NO3. The smallest absolute Gasteiger partial charge is 0.406 e. The van der Waals surface area contributed by atoms with Crippen molar-refractivity contribution in [1.29, 1.82) is 0 Å². The molecule has 0 saturated heterocycles. The molecule has 2 rings (SSSR count). The molecule has 2 aliphatic carbocycles. The quantitative estimate of drug-likeness (QED) is 0.811. The maximum atomic E-state index is 12.6. The van der Waals surface area contributed by atoms with Crippen molar-refractivity contribution in [3.63, 3.8) is 0 Å². The van der Waals surface area contributed by atoms with E-state index < -0.39 is 42.5 Å². The lowest BCUT2D eigenvalue weighted by molar-refractivity contribution is -0.170. The van der Waals surface area contributed by atoms with E-state index in [1.165, 1.54) is 13.8 Å². The van der Waals surface area contributed by atoms with Gasteiger partial charge in [0.25, 0.3) is 0 Å². The fourth-order valence-electron chi connectivity index (χ4n) is 3.40. The van der Waals surface area contributed by atoms with E-state index in [0.29, 0.717) is 6.42 Å². The van der Waals surface area contributed by atoms with Crippen LogP contribution in [0.3, 0.4) is 0 Å². The zero-order chi connectivity index (χ0) is 15.9. The number of allylic oxidation sites excluding steroid dienone is 2. The lowest BCUT2D eigenvalue weighted by atomic mass is 9.82. The summed E-state index contributed by atoms with van der Waals surface area (Å²) < 4.78 is 37.9. The van der Waals surface area contributed by atoms with Gasteiger partial charge in [-0.3, -0.25) is 9.59 Å². The molecular weight excluding hydrogens is 287 g/mol. The van der Waals surface area contributed by atoms with Crippen molar-refractivity contribution in [2.24, 2.45) is 23.7 Å². The van der Waals surface area contributed by atoms with Crippen molar-refractivity contribution in [1.82, 2.24) is 4.90 Å². The van der Waals surface area contributed by atoms with Crippen molar-refractivity contribution in [3.05, 3.63) is 12.2 Å². The molecule has 0 heterocycles. The van der Waals surface area contributed by atoms with Crippen LogP contribution in [-0.2, 0) is 9.59 Å². The number of alkyl halides is 3. The third-order valence-corrected chi connectivity index (χ3v) is 4.29. The number of carbonyl (C=O) groups excluding carboxylic acids is 1. The van der Waals surface area contributed by atoms with Crippen molar-refractivity contribution < 1.29 is 27.9 Å². The van der Waals surface area contributed by atoms with Gasteiger partial charge in [-0.25, -0.2) is 0 Å². The molecule has 4 nitrogen and oxygen atoms in total. The third-order valence-electron chi connectivity index (χ3n) is 4.29. The summed E-state index contributed by atoms with van der Waals surface area (Å²) >= 11 is 0. The average molecular weight is 305 g/mol. The summed E-state index contributed by atoms with van der Waals surface area (Å²) in [6, 6.07) is -0.628. The van der Waals surface area contributed by atoms with Crippen LogP contribution in [0.15, 0.2) is 12.2 Å². The molecule has 0 radical (unpaired) electrons. The van der Waals surface area contributed by atoms with E-state index in [9.17, 15) is 27.9 Å². The third kappa shape index (κ3) is 3.06. The molecule has 0 spiro atoms. The van der Waals surface area contributed by atoms with Gasteiger partial charge in [0.1, 0.15) is 6.54 Å². The molecule has 1 amide bonds. The van der Waals surface area contributed by atoms with Gasteiger partial charge in [-0.2, -0.15) is 13.2 Å². The summed E-state index contributed by atoms with van der Waals surface area (Å²) in [5, 5.41) is 9.28. The van der Waals surface area contributed by atoms with Gasteiger partial charge >= 0.3 is 12.1 Å². The summed E-state index contributed by atoms with van der Waals surface area (Å²) in [6.45, 7) is 1.67. The minimum absolute atomic E-state index is 0.249. The van der Waals surface area contributed by atoms with Crippen molar-refractivity contribution in [3.8, 4) is 0 Å². The van der Waals surface area contributed by atoms with E-state index in [2.05, 4.69) is 0 Å². The Balaban J connectivity index is 2.24. The zero-order valence-electron chi connectivity index (χ0n) is 11.8. The summed E-state index contributed by atoms with van der Waals surface area (Å²) in [4.78, 5) is 24.6. The SMILES string of the molecule is CC(C)N(CC(F)(F)F)C(=O)[C@H]1C2C=CC(C2)[C@H]1C(=O)O.